The van der Waals surface area contributed by atoms with Gasteiger partial charge in [0.05, 0.1) is 17.9 Å². The first-order valence-electron chi connectivity index (χ1n) is 10.3. The average molecular weight is 361 g/mol. The lowest BCUT2D eigenvalue weighted by atomic mass is 9.78. The lowest BCUT2D eigenvalue weighted by Gasteiger charge is -2.31. The van der Waals surface area contributed by atoms with E-state index in [1.165, 1.54) is 43.4 Å². The zero-order valence-electron chi connectivity index (χ0n) is 16.3. The van der Waals surface area contributed by atoms with Crippen molar-refractivity contribution in [2.24, 2.45) is 0 Å². The van der Waals surface area contributed by atoms with Crippen LogP contribution in [0.1, 0.15) is 67.5 Å². The van der Waals surface area contributed by atoms with Crippen LogP contribution >= 0.6 is 0 Å². The minimum atomic E-state index is -0.106. The van der Waals surface area contributed by atoms with Crippen LogP contribution in [0.25, 0.3) is 11.1 Å². The molecule has 2 aromatic rings. The van der Waals surface area contributed by atoms with Crippen LogP contribution in [0.2, 0.25) is 0 Å². The fraction of sp³-hybridized carbons (Fsp3) is 0.500. The van der Waals surface area contributed by atoms with E-state index in [1.807, 2.05) is 6.07 Å². The molecule has 1 heterocycles. The van der Waals surface area contributed by atoms with E-state index < -0.39 is 0 Å². The van der Waals surface area contributed by atoms with E-state index >= 15 is 0 Å². The SMILES string of the molecule is COCC1(c2nc3c(c(-c4ccccc4)c2C#N)CCCCC3)CCCC1. The predicted octanol–water partition coefficient (Wildman–Crippen LogP) is 5.35. The molecule has 1 saturated carbocycles. The Morgan fingerprint density at radius 1 is 1.04 bits per heavy atom. The number of benzene rings is 1. The summed E-state index contributed by atoms with van der Waals surface area (Å²) in [5.41, 5.74) is 6.52. The molecule has 0 spiro atoms. The summed E-state index contributed by atoms with van der Waals surface area (Å²) >= 11 is 0. The first-order valence-corrected chi connectivity index (χ1v) is 10.3. The van der Waals surface area contributed by atoms with Crippen LogP contribution in [0.15, 0.2) is 30.3 Å². The van der Waals surface area contributed by atoms with E-state index in [0.29, 0.717) is 6.61 Å². The largest absolute Gasteiger partial charge is 0.384 e. The molecular formula is C24H28N2O. The smallest absolute Gasteiger partial charge is 0.102 e. The minimum absolute atomic E-state index is 0.106. The van der Waals surface area contributed by atoms with E-state index in [9.17, 15) is 5.26 Å². The molecule has 0 amide bonds. The van der Waals surface area contributed by atoms with Gasteiger partial charge in [-0.1, -0.05) is 49.6 Å². The summed E-state index contributed by atoms with van der Waals surface area (Å²) in [5.74, 6) is 0. The Morgan fingerprint density at radius 3 is 2.48 bits per heavy atom. The van der Waals surface area contributed by atoms with Crippen molar-refractivity contribution in [3.8, 4) is 17.2 Å². The Kier molecular flexibility index (Phi) is 5.27. The van der Waals surface area contributed by atoms with Crippen LogP contribution in [0, 0.1) is 11.3 Å². The molecule has 4 rings (SSSR count). The molecule has 2 aliphatic carbocycles. The quantitative estimate of drug-likeness (QED) is 0.691. The van der Waals surface area contributed by atoms with Crippen LogP contribution in [-0.2, 0) is 23.0 Å². The Labute approximate surface area is 162 Å². The lowest BCUT2D eigenvalue weighted by Crippen LogP contribution is -2.31. The molecule has 0 unspecified atom stereocenters. The predicted molar refractivity (Wildman–Crippen MR) is 108 cm³/mol. The van der Waals surface area contributed by atoms with E-state index in [4.69, 9.17) is 9.72 Å². The normalized spacial score (nSPS) is 18.5. The van der Waals surface area contributed by atoms with Gasteiger partial charge in [-0.3, -0.25) is 4.98 Å². The highest BCUT2D eigenvalue weighted by Crippen LogP contribution is 2.45. The molecule has 27 heavy (non-hydrogen) atoms. The van der Waals surface area contributed by atoms with Gasteiger partial charge >= 0.3 is 0 Å². The number of fused-ring (bicyclic) bond motifs is 1. The van der Waals surface area contributed by atoms with E-state index in [1.54, 1.807) is 7.11 Å². The van der Waals surface area contributed by atoms with Crippen molar-refractivity contribution in [1.29, 1.82) is 5.26 Å². The first kappa shape index (κ1) is 18.2. The van der Waals surface area contributed by atoms with E-state index in [-0.39, 0.29) is 5.41 Å². The van der Waals surface area contributed by atoms with Crippen molar-refractivity contribution in [1.82, 2.24) is 4.98 Å². The summed E-state index contributed by atoms with van der Waals surface area (Å²) < 4.78 is 5.65. The first-order chi connectivity index (χ1) is 13.3. The Balaban J connectivity index is 2.00. The lowest BCUT2D eigenvalue weighted by molar-refractivity contribution is 0.129. The Bertz CT molecular complexity index is 845. The van der Waals surface area contributed by atoms with Gasteiger partial charge < -0.3 is 4.74 Å². The number of pyridine rings is 1. The molecule has 2 aliphatic rings. The molecule has 1 aromatic carbocycles. The third-order valence-electron chi connectivity index (χ3n) is 6.38. The number of hydrogen-bond acceptors (Lipinski definition) is 3. The van der Waals surface area contributed by atoms with Gasteiger partial charge in [0.25, 0.3) is 0 Å². The highest BCUT2D eigenvalue weighted by Gasteiger charge is 2.40. The van der Waals surface area contributed by atoms with Crippen LogP contribution in [0.5, 0.6) is 0 Å². The van der Waals surface area contributed by atoms with Crippen molar-refractivity contribution in [2.45, 2.75) is 63.2 Å². The van der Waals surface area contributed by atoms with Crippen LogP contribution < -0.4 is 0 Å². The van der Waals surface area contributed by atoms with Crippen molar-refractivity contribution in [3.63, 3.8) is 0 Å². The average Bonchev–Trinajstić information content (AvgIpc) is 3.05. The number of methoxy groups -OCH3 is 1. The van der Waals surface area contributed by atoms with Gasteiger partial charge in [-0.15, -0.1) is 0 Å². The van der Waals surface area contributed by atoms with Gasteiger partial charge in [0.15, 0.2) is 0 Å². The standard InChI is InChI=1S/C24H28N2O/c1-27-17-24(14-8-9-15-24)23-20(16-25)22(18-10-4-2-5-11-18)19-12-6-3-7-13-21(19)26-23/h2,4-5,10-11H,3,6-9,12-15,17H2,1H3. The second kappa shape index (κ2) is 7.82. The molecule has 0 saturated heterocycles. The summed E-state index contributed by atoms with van der Waals surface area (Å²) in [5, 5.41) is 10.2. The number of aryl methyl sites for hydroxylation is 1. The zero-order chi connectivity index (χ0) is 18.7. The second-order valence-corrected chi connectivity index (χ2v) is 8.09. The monoisotopic (exact) mass is 360 g/mol. The molecule has 0 atom stereocenters. The van der Waals surface area contributed by atoms with Crippen molar-refractivity contribution in [3.05, 3.63) is 52.8 Å². The van der Waals surface area contributed by atoms with Gasteiger partial charge in [-0.25, -0.2) is 0 Å². The summed E-state index contributed by atoms with van der Waals surface area (Å²) in [7, 11) is 1.77. The van der Waals surface area contributed by atoms with Crippen molar-refractivity contribution in [2.75, 3.05) is 13.7 Å². The summed E-state index contributed by atoms with van der Waals surface area (Å²) in [6.45, 7) is 0.654. The van der Waals surface area contributed by atoms with Crippen molar-refractivity contribution >= 4 is 0 Å². The number of hydrogen-bond donors (Lipinski definition) is 0. The fourth-order valence-corrected chi connectivity index (χ4v) is 5.11. The van der Waals surface area contributed by atoms with Crippen molar-refractivity contribution < 1.29 is 4.74 Å². The van der Waals surface area contributed by atoms with Crippen LogP contribution in [0.4, 0.5) is 0 Å². The highest BCUT2D eigenvalue weighted by molar-refractivity contribution is 5.76. The maximum Gasteiger partial charge on any atom is 0.102 e. The van der Waals surface area contributed by atoms with Gasteiger partial charge in [0.2, 0.25) is 0 Å². The molecule has 0 bridgehead atoms. The van der Waals surface area contributed by atoms with Crippen LogP contribution in [-0.4, -0.2) is 18.7 Å². The van der Waals surface area contributed by atoms with Gasteiger partial charge in [0, 0.05) is 23.8 Å². The molecule has 0 aliphatic heterocycles. The minimum Gasteiger partial charge on any atom is -0.384 e. The molecule has 0 N–H and O–H groups in total. The number of rotatable bonds is 4. The Morgan fingerprint density at radius 2 is 1.78 bits per heavy atom. The van der Waals surface area contributed by atoms with Gasteiger partial charge in [-0.2, -0.15) is 5.26 Å². The van der Waals surface area contributed by atoms with E-state index in [2.05, 4.69) is 30.3 Å². The summed E-state index contributed by atoms with van der Waals surface area (Å²) in [4.78, 5) is 5.20. The van der Waals surface area contributed by atoms with E-state index in [0.717, 1.165) is 48.1 Å². The molecule has 3 nitrogen and oxygen atoms in total. The number of aromatic nitrogens is 1. The molecule has 0 radical (unpaired) electrons. The summed E-state index contributed by atoms with van der Waals surface area (Å²) in [6.07, 6.45) is 10.2. The highest BCUT2D eigenvalue weighted by atomic mass is 16.5. The third kappa shape index (κ3) is 3.28. The summed E-state index contributed by atoms with van der Waals surface area (Å²) in [6, 6.07) is 13.0. The maximum atomic E-state index is 10.2. The molecule has 1 aromatic heterocycles. The molecule has 1 fully saturated rings. The number of nitrogens with zero attached hydrogens (tertiary/aromatic N) is 2. The Hall–Kier alpha value is -2.18. The maximum absolute atomic E-state index is 10.2. The van der Waals surface area contributed by atoms with Gasteiger partial charge in [-0.05, 0) is 49.7 Å². The fourth-order valence-electron chi connectivity index (χ4n) is 5.11. The number of nitriles is 1. The van der Waals surface area contributed by atoms with Gasteiger partial charge in [0.1, 0.15) is 6.07 Å². The topological polar surface area (TPSA) is 45.9 Å². The van der Waals surface area contributed by atoms with Crippen LogP contribution in [0.3, 0.4) is 0 Å². The third-order valence-corrected chi connectivity index (χ3v) is 6.38. The molecule has 3 heteroatoms. The molecule has 140 valence electrons. The zero-order valence-corrected chi connectivity index (χ0v) is 16.3. The molecular weight excluding hydrogens is 332 g/mol. The number of ether oxygens (including phenoxy) is 1. The second-order valence-electron chi connectivity index (χ2n) is 8.09.